The van der Waals surface area contributed by atoms with E-state index in [1.807, 2.05) is 10.9 Å². The van der Waals surface area contributed by atoms with E-state index < -0.39 is 0 Å². The molecule has 1 heterocycles. The lowest BCUT2D eigenvalue weighted by molar-refractivity contribution is 0.598. The molecule has 1 aromatic carbocycles. The molecule has 1 aromatic heterocycles. The first-order valence-corrected chi connectivity index (χ1v) is 6.87. The predicted octanol–water partition coefficient (Wildman–Crippen LogP) is 3.33. The first-order chi connectivity index (χ1) is 8.54. The number of rotatable bonds is 3. The van der Waals surface area contributed by atoms with Crippen molar-refractivity contribution in [3.63, 3.8) is 0 Å². The fourth-order valence-corrected chi connectivity index (χ4v) is 2.80. The van der Waals surface area contributed by atoms with Crippen molar-refractivity contribution in [2.45, 2.75) is 33.4 Å². The van der Waals surface area contributed by atoms with Crippen molar-refractivity contribution in [1.82, 2.24) is 9.78 Å². The summed E-state index contributed by atoms with van der Waals surface area (Å²) in [7, 11) is 0. The zero-order valence-corrected chi connectivity index (χ0v) is 12.5. The minimum Gasteiger partial charge on any atom is -0.319 e. The van der Waals surface area contributed by atoms with Crippen LogP contribution in [0, 0.1) is 13.8 Å². The summed E-state index contributed by atoms with van der Waals surface area (Å²) in [6.45, 7) is 7.08. The van der Waals surface area contributed by atoms with Gasteiger partial charge in [-0.2, -0.15) is 5.10 Å². The van der Waals surface area contributed by atoms with Gasteiger partial charge in [0.15, 0.2) is 0 Å². The Labute approximate surface area is 116 Å². The van der Waals surface area contributed by atoms with Crippen molar-refractivity contribution >= 4 is 15.9 Å². The van der Waals surface area contributed by atoms with Gasteiger partial charge in [-0.25, -0.2) is 0 Å². The minimum absolute atomic E-state index is 0.151. The van der Waals surface area contributed by atoms with Crippen LogP contribution in [0.3, 0.4) is 0 Å². The molecular weight excluding hydrogens is 290 g/mol. The molecule has 0 aliphatic carbocycles. The Morgan fingerprint density at radius 3 is 2.72 bits per heavy atom. The maximum Gasteiger partial charge on any atom is 0.0738 e. The summed E-state index contributed by atoms with van der Waals surface area (Å²) < 4.78 is 2.91. The predicted molar refractivity (Wildman–Crippen MR) is 77.5 cm³/mol. The molecule has 0 radical (unpaired) electrons. The van der Waals surface area contributed by atoms with E-state index in [4.69, 9.17) is 5.73 Å². The Morgan fingerprint density at radius 1 is 1.39 bits per heavy atom. The lowest BCUT2D eigenvalue weighted by Gasteiger charge is -2.17. The van der Waals surface area contributed by atoms with Gasteiger partial charge < -0.3 is 5.73 Å². The van der Waals surface area contributed by atoms with Gasteiger partial charge in [-0.05, 0) is 47.8 Å². The van der Waals surface area contributed by atoms with Gasteiger partial charge in [0.05, 0.1) is 22.4 Å². The molecule has 18 heavy (non-hydrogen) atoms. The number of hydrogen-bond acceptors (Lipinski definition) is 2. The Balaban J connectivity index is 2.47. The Kier molecular flexibility index (Phi) is 3.88. The van der Waals surface area contributed by atoms with E-state index in [9.17, 15) is 0 Å². The number of benzene rings is 1. The fraction of sp³-hybridized carbons (Fsp3) is 0.357. The van der Waals surface area contributed by atoms with Gasteiger partial charge in [-0.3, -0.25) is 4.68 Å². The third-order valence-corrected chi connectivity index (χ3v) is 3.80. The lowest BCUT2D eigenvalue weighted by atomic mass is 9.98. The average molecular weight is 308 g/mol. The number of aromatic nitrogens is 2. The van der Waals surface area contributed by atoms with E-state index in [2.05, 4.69) is 60.0 Å². The summed E-state index contributed by atoms with van der Waals surface area (Å²) in [5, 5.41) is 4.32. The van der Waals surface area contributed by atoms with Gasteiger partial charge in [-0.15, -0.1) is 0 Å². The number of nitrogens with two attached hydrogens (primary N) is 1. The second-order valence-corrected chi connectivity index (χ2v) is 5.39. The quantitative estimate of drug-likeness (QED) is 0.945. The first kappa shape index (κ1) is 13.3. The van der Waals surface area contributed by atoms with Gasteiger partial charge in [0, 0.05) is 6.54 Å². The second kappa shape index (κ2) is 5.24. The molecule has 4 heteroatoms. The van der Waals surface area contributed by atoms with Crippen LogP contribution in [0.5, 0.6) is 0 Å². The highest BCUT2D eigenvalue weighted by atomic mass is 79.9. The topological polar surface area (TPSA) is 43.8 Å². The van der Waals surface area contributed by atoms with Crippen LogP contribution in [0.1, 0.15) is 35.3 Å². The SMILES string of the molecule is CCn1ncc(Br)c1C(N)c1ccc(C)cc1C. The average Bonchev–Trinajstić information content (AvgIpc) is 2.69. The summed E-state index contributed by atoms with van der Waals surface area (Å²) >= 11 is 3.53. The largest absolute Gasteiger partial charge is 0.319 e. The number of halogens is 1. The van der Waals surface area contributed by atoms with Crippen LogP contribution >= 0.6 is 15.9 Å². The molecule has 0 aliphatic heterocycles. The maximum atomic E-state index is 6.40. The standard InChI is InChI=1S/C14H18BrN3/c1-4-18-14(12(15)8-17-18)13(16)11-6-5-9(2)7-10(11)3/h5-8,13H,4,16H2,1-3H3. The number of nitrogens with zero attached hydrogens (tertiary/aromatic N) is 2. The van der Waals surface area contributed by atoms with Crippen LogP contribution in [0.2, 0.25) is 0 Å². The Hall–Kier alpha value is -1.13. The van der Waals surface area contributed by atoms with Crippen molar-refractivity contribution in [3.05, 3.63) is 51.3 Å². The van der Waals surface area contributed by atoms with E-state index in [0.29, 0.717) is 0 Å². The van der Waals surface area contributed by atoms with Crippen molar-refractivity contribution in [3.8, 4) is 0 Å². The Morgan fingerprint density at radius 2 is 2.11 bits per heavy atom. The zero-order valence-electron chi connectivity index (χ0n) is 10.9. The third-order valence-electron chi connectivity index (χ3n) is 3.19. The molecule has 0 spiro atoms. The van der Waals surface area contributed by atoms with Gasteiger partial charge in [0.2, 0.25) is 0 Å². The molecule has 0 fully saturated rings. The summed E-state index contributed by atoms with van der Waals surface area (Å²) in [5.74, 6) is 0. The minimum atomic E-state index is -0.151. The molecule has 2 aromatic rings. The van der Waals surface area contributed by atoms with E-state index in [1.54, 1.807) is 0 Å². The van der Waals surface area contributed by atoms with Crippen molar-refractivity contribution in [2.75, 3.05) is 0 Å². The highest BCUT2D eigenvalue weighted by Crippen LogP contribution is 2.28. The van der Waals surface area contributed by atoms with Crippen LogP contribution in [-0.4, -0.2) is 9.78 Å². The number of hydrogen-bond donors (Lipinski definition) is 1. The molecule has 3 nitrogen and oxygen atoms in total. The van der Waals surface area contributed by atoms with E-state index in [0.717, 1.165) is 22.3 Å². The van der Waals surface area contributed by atoms with Gasteiger partial charge in [-0.1, -0.05) is 23.8 Å². The van der Waals surface area contributed by atoms with Crippen LogP contribution in [0.4, 0.5) is 0 Å². The number of aryl methyl sites for hydroxylation is 3. The molecule has 0 saturated carbocycles. The summed E-state index contributed by atoms with van der Waals surface area (Å²) in [6, 6.07) is 6.22. The molecule has 1 unspecified atom stereocenters. The highest BCUT2D eigenvalue weighted by molar-refractivity contribution is 9.10. The molecular formula is C14H18BrN3. The smallest absolute Gasteiger partial charge is 0.0738 e. The molecule has 2 rings (SSSR count). The maximum absolute atomic E-state index is 6.40. The van der Waals surface area contributed by atoms with Gasteiger partial charge in [0.25, 0.3) is 0 Å². The zero-order chi connectivity index (χ0) is 13.3. The normalized spacial score (nSPS) is 12.7. The molecule has 96 valence electrons. The monoisotopic (exact) mass is 307 g/mol. The van der Waals surface area contributed by atoms with Crippen molar-refractivity contribution in [2.24, 2.45) is 5.73 Å². The van der Waals surface area contributed by atoms with Crippen molar-refractivity contribution in [1.29, 1.82) is 0 Å². The molecule has 0 aliphatic rings. The van der Waals surface area contributed by atoms with E-state index >= 15 is 0 Å². The summed E-state index contributed by atoms with van der Waals surface area (Å²) in [5.41, 5.74) is 11.1. The van der Waals surface area contributed by atoms with Gasteiger partial charge >= 0.3 is 0 Å². The van der Waals surface area contributed by atoms with Crippen LogP contribution < -0.4 is 5.73 Å². The Bertz CT molecular complexity index is 560. The second-order valence-electron chi connectivity index (χ2n) is 4.53. The molecule has 0 amide bonds. The molecule has 0 saturated heterocycles. The highest BCUT2D eigenvalue weighted by Gasteiger charge is 2.19. The molecule has 0 bridgehead atoms. The summed E-state index contributed by atoms with van der Waals surface area (Å²) in [6.07, 6.45) is 1.81. The fourth-order valence-electron chi connectivity index (χ4n) is 2.25. The van der Waals surface area contributed by atoms with Crippen LogP contribution in [-0.2, 0) is 6.54 Å². The molecule has 1 atom stereocenters. The first-order valence-electron chi connectivity index (χ1n) is 6.08. The lowest BCUT2D eigenvalue weighted by Crippen LogP contribution is -2.18. The van der Waals surface area contributed by atoms with Crippen LogP contribution in [0.25, 0.3) is 0 Å². The summed E-state index contributed by atoms with van der Waals surface area (Å²) in [4.78, 5) is 0. The molecule has 2 N–H and O–H groups in total. The third kappa shape index (κ3) is 2.35. The van der Waals surface area contributed by atoms with E-state index in [1.165, 1.54) is 11.1 Å². The van der Waals surface area contributed by atoms with E-state index in [-0.39, 0.29) is 6.04 Å². The van der Waals surface area contributed by atoms with Crippen molar-refractivity contribution < 1.29 is 0 Å². The van der Waals surface area contributed by atoms with Gasteiger partial charge in [0.1, 0.15) is 0 Å². The van der Waals surface area contributed by atoms with Crippen LogP contribution in [0.15, 0.2) is 28.9 Å².